The highest BCUT2D eigenvalue weighted by molar-refractivity contribution is 5.05. The zero-order valence-corrected chi connectivity index (χ0v) is 12.0. The van der Waals surface area contributed by atoms with Gasteiger partial charge in [-0.15, -0.1) is 0 Å². The van der Waals surface area contributed by atoms with Gasteiger partial charge in [0.05, 0.1) is 12.2 Å². The number of ether oxygens (including phenoxy) is 1. The van der Waals surface area contributed by atoms with Gasteiger partial charge in [0.2, 0.25) is 0 Å². The lowest BCUT2D eigenvalue weighted by Crippen LogP contribution is -2.41. The quantitative estimate of drug-likeness (QED) is 0.558. The second-order valence-electron chi connectivity index (χ2n) is 5.39. The van der Waals surface area contributed by atoms with E-state index in [1.54, 1.807) is 0 Å². The van der Waals surface area contributed by atoms with Gasteiger partial charge in [-0.2, -0.15) is 5.26 Å². The summed E-state index contributed by atoms with van der Waals surface area (Å²) in [7, 11) is 1.87. The summed E-state index contributed by atoms with van der Waals surface area (Å²) in [6, 6.07) is 2.40. The van der Waals surface area contributed by atoms with Crippen LogP contribution in [-0.4, -0.2) is 25.3 Å². The van der Waals surface area contributed by atoms with Crippen molar-refractivity contribution >= 4 is 0 Å². The van der Waals surface area contributed by atoms with E-state index in [1.165, 1.54) is 38.5 Å². The van der Waals surface area contributed by atoms with E-state index >= 15 is 0 Å². The first-order valence-electron chi connectivity index (χ1n) is 7.48. The summed E-state index contributed by atoms with van der Waals surface area (Å²) in [5, 5.41) is 12.4. The normalized spacial score (nSPS) is 20.9. The highest BCUT2D eigenvalue weighted by Gasteiger charge is 2.24. The molecule has 104 valence electrons. The van der Waals surface area contributed by atoms with E-state index in [2.05, 4.69) is 18.3 Å². The van der Waals surface area contributed by atoms with E-state index in [-0.39, 0.29) is 5.54 Å². The van der Waals surface area contributed by atoms with Crippen molar-refractivity contribution in [1.82, 2.24) is 5.32 Å². The zero-order chi connectivity index (χ0) is 13.3. The molecule has 0 spiro atoms. The predicted octanol–water partition coefficient (Wildman–Crippen LogP) is 3.40. The molecule has 1 saturated carbocycles. The Hall–Kier alpha value is -0.590. The number of rotatable bonds is 7. The van der Waals surface area contributed by atoms with Gasteiger partial charge in [-0.05, 0) is 39.2 Å². The van der Waals surface area contributed by atoms with Gasteiger partial charge in [0.15, 0.2) is 0 Å². The molecule has 0 bridgehead atoms. The van der Waals surface area contributed by atoms with Crippen molar-refractivity contribution in [2.75, 3.05) is 13.7 Å². The molecule has 3 nitrogen and oxygen atoms in total. The highest BCUT2D eigenvalue weighted by atomic mass is 16.5. The molecule has 0 saturated heterocycles. The Morgan fingerprint density at radius 3 is 2.44 bits per heavy atom. The third-order valence-corrected chi connectivity index (χ3v) is 4.20. The Balaban J connectivity index is 2.19. The summed E-state index contributed by atoms with van der Waals surface area (Å²) in [5.41, 5.74) is -0.354. The molecule has 1 rings (SSSR count). The fourth-order valence-corrected chi connectivity index (χ4v) is 2.70. The van der Waals surface area contributed by atoms with Crippen LogP contribution in [0, 0.1) is 11.3 Å². The van der Waals surface area contributed by atoms with Gasteiger partial charge in [0.1, 0.15) is 5.54 Å². The Morgan fingerprint density at radius 1 is 1.28 bits per heavy atom. The highest BCUT2D eigenvalue weighted by Crippen LogP contribution is 2.21. The maximum Gasteiger partial charge on any atom is 0.106 e. The van der Waals surface area contributed by atoms with Crippen molar-refractivity contribution in [3.8, 4) is 6.07 Å². The molecule has 0 aromatic rings. The fraction of sp³-hybridized carbons (Fsp3) is 0.933. The van der Waals surface area contributed by atoms with Crippen LogP contribution in [0.3, 0.4) is 0 Å². The Morgan fingerprint density at radius 2 is 1.94 bits per heavy atom. The van der Waals surface area contributed by atoms with Gasteiger partial charge in [0.25, 0.3) is 0 Å². The van der Waals surface area contributed by atoms with E-state index in [0.29, 0.717) is 6.10 Å². The number of nitrogens with zero attached hydrogens (tertiary/aromatic N) is 1. The summed E-state index contributed by atoms with van der Waals surface area (Å²) in [4.78, 5) is 0. The standard InChI is InChI=1S/C15H28N2O/c1-3-15(13-16,17-2)11-8-12-18-14-9-6-4-5-7-10-14/h14,17H,3-12H2,1-2H3. The third kappa shape index (κ3) is 4.96. The molecule has 18 heavy (non-hydrogen) atoms. The minimum absolute atomic E-state index is 0.354. The van der Waals surface area contributed by atoms with Gasteiger partial charge >= 0.3 is 0 Å². The number of nitrogens with one attached hydrogen (secondary N) is 1. The molecule has 0 aliphatic heterocycles. The summed E-state index contributed by atoms with van der Waals surface area (Å²) in [6.07, 6.45) is 11.0. The smallest absolute Gasteiger partial charge is 0.106 e. The molecular formula is C15H28N2O. The Labute approximate surface area is 112 Å². The van der Waals surface area contributed by atoms with Crippen LogP contribution >= 0.6 is 0 Å². The minimum Gasteiger partial charge on any atom is -0.378 e. The molecular weight excluding hydrogens is 224 g/mol. The lowest BCUT2D eigenvalue weighted by atomic mass is 9.92. The van der Waals surface area contributed by atoms with E-state index < -0.39 is 0 Å². The lowest BCUT2D eigenvalue weighted by molar-refractivity contribution is 0.0387. The lowest BCUT2D eigenvalue weighted by Gasteiger charge is -2.24. The van der Waals surface area contributed by atoms with Crippen molar-refractivity contribution in [2.45, 2.75) is 76.4 Å². The van der Waals surface area contributed by atoms with Crippen LogP contribution in [0.4, 0.5) is 0 Å². The average molecular weight is 252 g/mol. The Bertz CT molecular complexity index is 248. The summed E-state index contributed by atoms with van der Waals surface area (Å²) in [6.45, 7) is 2.86. The molecule has 0 amide bonds. The van der Waals surface area contributed by atoms with Crippen LogP contribution in [0.25, 0.3) is 0 Å². The largest absolute Gasteiger partial charge is 0.378 e. The molecule has 0 radical (unpaired) electrons. The first-order chi connectivity index (χ1) is 8.76. The maximum absolute atomic E-state index is 9.21. The van der Waals surface area contributed by atoms with Gasteiger partial charge in [-0.25, -0.2) is 0 Å². The molecule has 1 unspecified atom stereocenters. The van der Waals surface area contributed by atoms with E-state index in [0.717, 1.165) is 25.9 Å². The van der Waals surface area contributed by atoms with E-state index in [1.807, 2.05) is 7.05 Å². The van der Waals surface area contributed by atoms with Crippen molar-refractivity contribution in [3.63, 3.8) is 0 Å². The molecule has 1 aliphatic carbocycles. The van der Waals surface area contributed by atoms with E-state index in [9.17, 15) is 5.26 Å². The third-order valence-electron chi connectivity index (χ3n) is 4.20. The van der Waals surface area contributed by atoms with Crippen molar-refractivity contribution < 1.29 is 4.74 Å². The summed E-state index contributed by atoms with van der Waals surface area (Å²) < 4.78 is 5.95. The number of hydrogen-bond donors (Lipinski definition) is 1. The molecule has 0 aromatic heterocycles. The predicted molar refractivity (Wildman–Crippen MR) is 74.4 cm³/mol. The van der Waals surface area contributed by atoms with Crippen LogP contribution in [-0.2, 0) is 4.74 Å². The van der Waals surface area contributed by atoms with Crippen LogP contribution in [0.15, 0.2) is 0 Å². The molecule has 0 aromatic carbocycles. The fourth-order valence-electron chi connectivity index (χ4n) is 2.70. The molecule has 1 atom stereocenters. The average Bonchev–Trinajstić information content (AvgIpc) is 2.68. The number of hydrogen-bond acceptors (Lipinski definition) is 3. The number of nitriles is 1. The summed E-state index contributed by atoms with van der Waals surface area (Å²) >= 11 is 0. The monoisotopic (exact) mass is 252 g/mol. The van der Waals surface area contributed by atoms with Crippen LogP contribution in [0.5, 0.6) is 0 Å². The van der Waals surface area contributed by atoms with Crippen molar-refractivity contribution in [1.29, 1.82) is 5.26 Å². The molecule has 1 aliphatic rings. The maximum atomic E-state index is 9.21. The summed E-state index contributed by atoms with van der Waals surface area (Å²) in [5.74, 6) is 0. The topological polar surface area (TPSA) is 45.0 Å². The van der Waals surface area contributed by atoms with Gasteiger partial charge in [-0.1, -0.05) is 32.6 Å². The van der Waals surface area contributed by atoms with Gasteiger partial charge in [-0.3, -0.25) is 0 Å². The van der Waals surface area contributed by atoms with Crippen molar-refractivity contribution in [2.24, 2.45) is 0 Å². The second-order valence-corrected chi connectivity index (χ2v) is 5.39. The minimum atomic E-state index is -0.354. The first-order valence-corrected chi connectivity index (χ1v) is 7.48. The zero-order valence-electron chi connectivity index (χ0n) is 12.0. The van der Waals surface area contributed by atoms with Gasteiger partial charge in [0, 0.05) is 6.61 Å². The molecule has 0 heterocycles. The van der Waals surface area contributed by atoms with Gasteiger partial charge < -0.3 is 10.1 Å². The van der Waals surface area contributed by atoms with Crippen LogP contribution in [0.2, 0.25) is 0 Å². The molecule has 3 heteroatoms. The molecule has 1 N–H and O–H groups in total. The Kier molecular flexibility index (Phi) is 7.31. The van der Waals surface area contributed by atoms with Crippen LogP contribution in [0.1, 0.15) is 64.7 Å². The second kappa shape index (κ2) is 8.50. The SMILES string of the molecule is CCC(C#N)(CCCOC1CCCCCC1)NC. The first kappa shape index (κ1) is 15.5. The molecule has 1 fully saturated rings. The van der Waals surface area contributed by atoms with E-state index in [4.69, 9.17) is 4.74 Å². The van der Waals surface area contributed by atoms with Crippen molar-refractivity contribution in [3.05, 3.63) is 0 Å². The van der Waals surface area contributed by atoms with Crippen LogP contribution < -0.4 is 5.32 Å².